The van der Waals surface area contributed by atoms with E-state index in [0.717, 1.165) is 0 Å². The molecule has 2 aromatic carbocycles. The van der Waals surface area contributed by atoms with Crippen LogP contribution in [0.2, 0.25) is 0 Å². The molecule has 0 aliphatic heterocycles. The molecule has 0 spiro atoms. The Balaban J connectivity index is 2.05. The van der Waals surface area contributed by atoms with Crippen LogP contribution in [0.5, 0.6) is 17.2 Å². The highest BCUT2D eigenvalue weighted by Gasteiger charge is 2.09. The molecule has 0 unspecified atom stereocenters. The van der Waals surface area contributed by atoms with Crippen molar-refractivity contribution in [3.05, 3.63) is 48.0 Å². The summed E-state index contributed by atoms with van der Waals surface area (Å²) in [7, 11) is 0. The van der Waals surface area contributed by atoms with Gasteiger partial charge in [0.15, 0.2) is 18.1 Å². The standard InChI is InChI=1S/C15H12N2O4/c16-7-8-21-12-4-2-11(3-5-12)17-15(20)10-1-6-13(18)14(19)9-10/h1-6,9,18-19H,8H2,(H,17,20). The van der Waals surface area contributed by atoms with Gasteiger partial charge in [0, 0.05) is 11.3 Å². The fraction of sp³-hybridized carbons (Fsp3) is 0.0667. The predicted molar refractivity (Wildman–Crippen MR) is 75.3 cm³/mol. The third-order valence-corrected chi connectivity index (χ3v) is 2.65. The summed E-state index contributed by atoms with van der Waals surface area (Å²) in [4.78, 5) is 12.0. The summed E-state index contributed by atoms with van der Waals surface area (Å²) in [5.41, 5.74) is 0.756. The number of benzene rings is 2. The number of phenols is 2. The van der Waals surface area contributed by atoms with Crippen LogP contribution in [0.15, 0.2) is 42.5 Å². The first kappa shape index (κ1) is 14.2. The number of nitrogens with one attached hydrogen (secondary N) is 1. The minimum atomic E-state index is -0.420. The Morgan fingerprint density at radius 2 is 1.86 bits per heavy atom. The van der Waals surface area contributed by atoms with Crippen LogP contribution in [0, 0.1) is 11.3 Å². The highest BCUT2D eigenvalue weighted by Crippen LogP contribution is 2.25. The van der Waals surface area contributed by atoms with Gasteiger partial charge in [-0.15, -0.1) is 0 Å². The molecule has 0 bridgehead atoms. The van der Waals surface area contributed by atoms with Crippen LogP contribution < -0.4 is 10.1 Å². The number of carbonyl (C=O) groups is 1. The van der Waals surface area contributed by atoms with Crippen molar-refractivity contribution in [1.82, 2.24) is 0 Å². The van der Waals surface area contributed by atoms with Crippen LogP contribution in [0.1, 0.15) is 10.4 Å². The lowest BCUT2D eigenvalue weighted by molar-refractivity contribution is 0.102. The molecule has 6 heteroatoms. The van der Waals surface area contributed by atoms with Crippen LogP contribution in [0.4, 0.5) is 5.69 Å². The van der Waals surface area contributed by atoms with Crippen molar-refractivity contribution in [1.29, 1.82) is 5.26 Å². The van der Waals surface area contributed by atoms with E-state index in [2.05, 4.69) is 5.32 Å². The number of aromatic hydroxyl groups is 2. The molecule has 0 fully saturated rings. The van der Waals surface area contributed by atoms with Crippen LogP contribution in [0.25, 0.3) is 0 Å². The molecule has 0 saturated carbocycles. The quantitative estimate of drug-likeness (QED) is 0.747. The van der Waals surface area contributed by atoms with Crippen LogP contribution in [-0.2, 0) is 0 Å². The number of nitrogens with zero attached hydrogens (tertiary/aromatic N) is 1. The normalized spacial score (nSPS) is 9.67. The van der Waals surface area contributed by atoms with Crippen molar-refractivity contribution in [3.63, 3.8) is 0 Å². The van der Waals surface area contributed by atoms with Gasteiger partial charge in [-0.05, 0) is 42.5 Å². The van der Waals surface area contributed by atoms with E-state index in [4.69, 9.17) is 10.00 Å². The van der Waals surface area contributed by atoms with Gasteiger partial charge in [-0.25, -0.2) is 0 Å². The van der Waals surface area contributed by atoms with E-state index in [1.54, 1.807) is 24.3 Å². The van der Waals surface area contributed by atoms with Gasteiger partial charge >= 0.3 is 0 Å². The van der Waals surface area contributed by atoms with Crippen molar-refractivity contribution in [2.75, 3.05) is 11.9 Å². The average molecular weight is 284 g/mol. The second-order valence-corrected chi connectivity index (χ2v) is 4.13. The lowest BCUT2D eigenvalue weighted by Gasteiger charge is -2.07. The van der Waals surface area contributed by atoms with Crippen LogP contribution in [0.3, 0.4) is 0 Å². The Labute approximate surface area is 120 Å². The second kappa shape index (κ2) is 6.30. The third kappa shape index (κ3) is 3.64. The van der Waals surface area contributed by atoms with E-state index in [1.807, 2.05) is 6.07 Å². The van der Waals surface area contributed by atoms with Crippen molar-refractivity contribution >= 4 is 11.6 Å². The third-order valence-electron chi connectivity index (χ3n) is 2.65. The smallest absolute Gasteiger partial charge is 0.255 e. The summed E-state index contributed by atoms with van der Waals surface area (Å²) in [6, 6.07) is 12.2. The lowest BCUT2D eigenvalue weighted by atomic mass is 10.2. The van der Waals surface area contributed by atoms with Crippen molar-refractivity contribution in [3.8, 4) is 23.3 Å². The first-order valence-corrected chi connectivity index (χ1v) is 6.03. The maximum atomic E-state index is 12.0. The Hall–Kier alpha value is -3.20. The van der Waals surface area contributed by atoms with E-state index in [9.17, 15) is 15.0 Å². The number of amides is 1. The molecule has 1 amide bonds. The molecule has 0 radical (unpaired) electrons. The lowest BCUT2D eigenvalue weighted by Crippen LogP contribution is -2.11. The maximum Gasteiger partial charge on any atom is 0.255 e. The largest absolute Gasteiger partial charge is 0.504 e. The number of nitriles is 1. The second-order valence-electron chi connectivity index (χ2n) is 4.13. The van der Waals surface area contributed by atoms with E-state index >= 15 is 0 Å². The minimum absolute atomic E-state index is 0.0432. The molecular formula is C15H12N2O4. The molecular weight excluding hydrogens is 272 g/mol. The zero-order valence-electron chi connectivity index (χ0n) is 10.9. The number of hydrogen-bond acceptors (Lipinski definition) is 5. The molecule has 21 heavy (non-hydrogen) atoms. The average Bonchev–Trinajstić information content (AvgIpc) is 2.49. The summed E-state index contributed by atoms with van der Waals surface area (Å²) in [5.74, 6) is -0.540. The van der Waals surface area contributed by atoms with Gasteiger partial charge < -0.3 is 20.3 Å². The molecule has 0 aromatic heterocycles. The number of rotatable bonds is 4. The molecule has 106 valence electrons. The summed E-state index contributed by atoms with van der Waals surface area (Å²) in [6.45, 7) is -0.0432. The molecule has 2 aromatic rings. The number of ether oxygens (including phenoxy) is 1. The van der Waals surface area contributed by atoms with Gasteiger partial charge in [0.25, 0.3) is 5.91 Å². The summed E-state index contributed by atoms with van der Waals surface area (Å²) >= 11 is 0. The van der Waals surface area contributed by atoms with Crippen molar-refractivity contribution in [2.24, 2.45) is 0 Å². The summed E-state index contributed by atoms with van der Waals surface area (Å²) in [5, 5.41) is 29.6. The van der Waals surface area contributed by atoms with Gasteiger partial charge in [-0.1, -0.05) is 0 Å². The molecule has 0 atom stereocenters. The summed E-state index contributed by atoms with van der Waals surface area (Å²) < 4.78 is 5.09. The molecule has 2 rings (SSSR count). The van der Waals surface area contributed by atoms with Crippen molar-refractivity contribution < 1.29 is 19.7 Å². The van der Waals surface area contributed by atoms with E-state index in [0.29, 0.717) is 11.4 Å². The number of anilines is 1. The molecule has 0 heterocycles. The summed E-state index contributed by atoms with van der Waals surface area (Å²) in [6.07, 6.45) is 0. The zero-order valence-corrected chi connectivity index (χ0v) is 10.9. The number of phenolic OH excluding ortho intramolecular Hbond substituents is 2. The van der Waals surface area contributed by atoms with Crippen molar-refractivity contribution in [2.45, 2.75) is 0 Å². The number of carbonyl (C=O) groups excluding carboxylic acids is 1. The highest BCUT2D eigenvalue weighted by atomic mass is 16.5. The van der Waals surface area contributed by atoms with Gasteiger partial charge in [-0.3, -0.25) is 4.79 Å². The van der Waals surface area contributed by atoms with Gasteiger partial charge in [-0.2, -0.15) is 5.26 Å². The fourth-order valence-electron chi connectivity index (χ4n) is 1.62. The van der Waals surface area contributed by atoms with E-state index in [-0.39, 0.29) is 23.7 Å². The highest BCUT2D eigenvalue weighted by molar-refractivity contribution is 6.04. The number of hydrogen-bond donors (Lipinski definition) is 3. The van der Waals surface area contributed by atoms with E-state index in [1.165, 1.54) is 18.2 Å². The van der Waals surface area contributed by atoms with Crippen LogP contribution >= 0.6 is 0 Å². The zero-order chi connectivity index (χ0) is 15.2. The van der Waals surface area contributed by atoms with Gasteiger partial charge in [0.05, 0.1) is 0 Å². The van der Waals surface area contributed by atoms with Crippen LogP contribution in [-0.4, -0.2) is 22.7 Å². The first-order valence-electron chi connectivity index (χ1n) is 6.03. The van der Waals surface area contributed by atoms with Gasteiger partial charge in [0.2, 0.25) is 0 Å². The monoisotopic (exact) mass is 284 g/mol. The molecule has 0 saturated heterocycles. The first-order chi connectivity index (χ1) is 10.1. The van der Waals surface area contributed by atoms with E-state index < -0.39 is 5.91 Å². The minimum Gasteiger partial charge on any atom is -0.504 e. The SMILES string of the molecule is N#CCOc1ccc(NC(=O)c2ccc(O)c(O)c2)cc1. The Bertz CT molecular complexity index is 690. The topological polar surface area (TPSA) is 103 Å². The molecule has 0 aliphatic carbocycles. The van der Waals surface area contributed by atoms with Gasteiger partial charge in [0.1, 0.15) is 11.8 Å². The Morgan fingerprint density at radius 3 is 2.48 bits per heavy atom. The Morgan fingerprint density at radius 1 is 1.14 bits per heavy atom. The Kier molecular flexibility index (Phi) is 4.26. The predicted octanol–water partition coefficient (Wildman–Crippen LogP) is 2.25. The molecule has 6 nitrogen and oxygen atoms in total. The fourth-order valence-corrected chi connectivity index (χ4v) is 1.62. The molecule has 3 N–H and O–H groups in total. The molecule has 0 aliphatic rings. The maximum absolute atomic E-state index is 12.0.